The van der Waals surface area contributed by atoms with Crippen LogP contribution in [0.3, 0.4) is 0 Å². The van der Waals surface area contributed by atoms with Gasteiger partial charge in [-0.3, -0.25) is 0 Å². The molecule has 0 aromatic heterocycles. The van der Waals surface area contributed by atoms with Crippen molar-refractivity contribution in [1.82, 2.24) is 0 Å². The summed E-state index contributed by atoms with van der Waals surface area (Å²) >= 11 is 0. The summed E-state index contributed by atoms with van der Waals surface area (Å²) < 4.78 is 0. The van der Waals surface area contributed by atoms with Gasteiger partial charge in [0.1, 0.15) is 0 Å². The summed E-state index contributed by atoms with van der Waals surface area (Å²) in [4.78, 5) is 0. The standard InChI is InChI=1S/C17H17/c1-4-10-16(11-5-1)14-8-3-9-15-17-12-6-2-7-13-17/h1-2,4-8,10-15H,3,9H2. The summed E-state index contributed by atoms with van der Waals surface area (Å²) in [6.07, 6.45) is 8.86. The highest BCUT2D eigenvalue weighted by Crippen LogP contribution is 2.08. The SMILES string of the molecule is [CH](CCC=Cc1ccccc1)c1ccccc1. The van der Waals surface area contributed by atoms with E-state index in [9.17, 15) is 0 Å². The Morgan fingerprint density at radius 2 is 1.24 bits per heavy atom. The summed E-state index contributed by atoms with van der Waals surface area (Å²) in [7, 11) is 0. The molecule has 17 heavy (non-hydrogen) atoms. The van der Waals surface area contributed by atoms with Crippen molar-refractivity contribution in [3.05, 3.63) is 84.3 Å². The van der Waals surface area contributed by atoms with Gasteiger partial charge in [0, 0.05) is 0 Å². The molecule has 0 aliphatic carbocycles. The zero-order valence-electron chi connectivity index (χ0n) is 9.92. The van der Waals surface area contributed by atoms with Gasteiger partial charge in [-0.2, -0.15) is 0 Å². The molecule has 0 spiro atoms. The van der Waals surface area contributed by atoms with Gasteiger partial charge in [0.05, 0.1) is 0 Å². The second-order valence-electron chi connectivity index (χ2n) is 4.01. The van der Waals surface area contributed by atoms with Crippen molar-refractivity contribution in [2.24, 2.45) is 0 Å². The average Bonchev–Trinajstić information content (AvgIpc) is 2.41. The molecule has 0 saturated heterocycles. The number of rotatable bonds is 5. The van der Waals surface area contributed by atoms with Crippen LogP contribution in [0, 0.1) is 6.42 Å². The quantitative estimate of drug-likeness (QED) is 0.640. The molecule has 0 heteroatoms. The minimum atomic E-state index is 1.09. The number of benzene rings is 2. The smallest absolute Gasteiger partial charge is 0.00900 e. The predicted molar refractivity (Wildman–Crippen MR) is 74.6 cm³/mol. The highest BCUT2D eigenvalue weighted by Gasteiger charge is 1.90. The van der Waals surface area contributed by atoms with Crippen LogP contribution in [-0.4, -0.2) is 0 Å². The lowest BCUT2D eigenvalue weighted by Gasteiger charge is -1.97. The van der Waals surface area contributed by atoms with Crippen molar-refractivity contribution in [1.29, 1.82) is 0 Å². The molecule has 2 aromatic rings. The van der Waals surface area contributed by atoms with Crippen LogP contribution in [-0.2, 0) is 0 Å². The first-order valence-electron chi connectivity index (χ1n) is 6.05. The van der Waals surface area contributed by atoms with E-state index in [1.165, 1.54) is 11.1 Å². The first-order valence-corrected chi connectivity index (χ1v) is 6.05. The first kappa shape index (κ1) is 11.7. The molecular formula is C17H17. The fraction of sp³-hybridized carbons (Fsp3) is 0.118. The third kappa shape index (κ3) is 4.28. The Hall–Kier alpha value is -1.82. The molecule has 0 aliphatic rings. The lowest BCUT2D eigenvalue weighted by molar-refractivity contribution is 0.994. The van der Waals surface area contributed by atoms with Crippen LogP contribution in [0.15, 0.2) is 66.7 Å². The third-order valence-corrected chi connectivity index (χ3v) is 2.62. The second-order valence-corrected chi connectivity index (χ2v) is 4.01. The molecule has 0 amide bonds. The number of allylic oxidation sites excluding steroid dienone is 1. The Labute approximate surface area is 104 Å². The van der Waals surface area contributed by atoms with Crippen molar-refractivity contribution in [3.63, 3.8) is 0 Å². The second kappa shape index (κ2) is 6.70. The van der Waals surface area contributed by atoms with Crippen molar-refractivity contribution in [2.45, 2.75) is 12.8 Å². The Balaban J connectivity index is 1.72. The highest BCUT2D eigenvalue weighted by atomic mass is 14.0. The zero-order chi connectivity index (χ0) is 11.8. The average molecular weight is 221 g/mol. The van der Waals surface area contributed by atoms with Crippen molar-refractivity contribution in [2.75, 3.05) is 0 Å². The molecule has 2 rings (SSSR count). The summed E-state index contributed by atoms with van der Waals surface area (Å²) in [6.45, 7) is 0. The maximum atomic E-state index is 2.27. The van der Waals surface area contributed by atoms with Crippen molar-refractivity contribution < 1.29 is 0 Å². The van der Waals surface area contributed by atoms with Gasteiger partial charge in [0.15, 0.2) is 0 Å². The molecule has 1 radical (unpaired) electrons. The summed E-state index contributed by atoms with van der Waals surface area (Å²) in [6, 6.07) is 20.9. The van der Waals surface area contributed by atoms with Crippen LogP contribution in [0.25, 0.3) is 6.08 Å². The minimum Gasteiger partial charge on any atom is -0.0839 e. The summed E-state index contributed by atoms with van der Waals surface area (Å²) in [5.41, 5.74) is 2.58. The monoisotopic (exact) mass is 221 g/mol. The van der Waals surface area contributed by atoms with E-state index in [4.69, 9.17) is 0 Å². The van der Waals surface area contributed by atoms with Crippen LogP contribution >= 0.6 is 0 Å². The van der Waals surface area contributed by atoms with E-state index >= 15 is 0 Å². The molecule has 0 saturated carbocycles. The van der Waals surface area contributed by atoms with Gasteiger partial charge >= 0.3 is 0 Å². The Kier molecular flexibility index (Phi) is 4.59. The molecule has 0 bridgehead atoms. The fourth-order valence-corrected chi connectivity index (χ4v) is 1.72. The van der Waals surface area contributed by atoms with Crippen molar-refractivity contribution >= 4 is 6.08 Å². The fourth-order valence-electron chi connectivity index (χ4n) is 1.72. The summed E-state index contributed by atoms with van der Waals surface area (Å²) in [5.74, 6) is 0. The lowest BCUT2D eigenvalue weighted by Crippen LogP contribution is -1.79. The first-order chi connectivity index (χ1) is 8.45. The van der Waals surface area contributed by atoms with Crippen LogP contribution in [0.4, 0.5) is 0 Å². The van der Waals surface area contributed by atoms with Gasteiger partial charge in [-0.1, -0.05) is 72.8 Å². The van der Waals surface area contributed by atoms with Crippen molar-refractivity contribution in [3.8, 4) is 0 Å². The van der Waals surface area contributed by atoms with E-state index in [-0.39, 0.29) is 0 Å². The molecule has 85 valence electrons. The van der Waals surface area contributed by atoms with E-state index in [0.29, 0.717) is 0 Å². The van der Waals surface area contributed by atoms with E-state index in [0.717, 1.165) is 12.8 Å². The normalized spacial score (nSPS) is 10.8. The number of unbranched alkanes of at least 4 members (excludes halogenated alkanes) is 1. The minimum absolute atomic E-state index is 1.09. The Bertz CT molecular complexity index is 440. The van der Waals surface area contributed by atoms with Gasteiger partial charge in [0.2, 0.25) is 0 Å². The molecule has 0 nitrogen and oxygen atoms in total. The third-order valence-electron chi connectivity index (χ3n) is 2.62. The molecule has 0 unspecified atom stereocenters. The Morgan fingerprint density at radius 1 is 0.647 bits per heavy atom. The Morgan fingerprint density at radius 3 is 1.88 bits per heavy atom. The molecular weight excluding hydrogens is 204 g/mol. The maximum absolute atomic E-state index is 2.27. The van der Waals surface area contributed by atoms with Gasteiger partial charge in [0.25, 0.3) is 0 Å². The van der Waals surface area contributed by atoms with Gasteiger partial charge in [-0.25, -0.2) is 0 Å². The van der Waals surface area contributed by atoms with Gasteiger partial charge in [-0.05, 0) is 30.4 Å². The topological polar surface area (TPSA) is 0 Å². The number of hydrogen-bond acceptors (Lipinski definition) is 0. The lowest BCUT2D eigenvalue weighted by atomic mass is 10.1. The molecule has 0 fully saturated rings. The maximum Gasteiger partial charge on any atom is -0.00900 e. The predicted octanol–water partition coefficient (Wildman–Crippen LogP) is 4.73. The van der Waals surface area contributed by atoms with Crippen LogP contribution < -0.4 is 0 Å². The molecule has 0 N–H and O–H groups in total. The van der Waals surface area contributed by atoms with Crippen LogP contribution in [0.5, 0.6) is 0 Å². The molecule has 0 atom stereocenters. The van der Waals surface area contributed by atoms with Crippen LogP contribution in [0.2, 0.25) is 0 Å². The number of hydrogen-bond donors (Lipinski definition) is 0. The highest BCUT2D eigenvalue weighted by molar-refractivity contribution is 5.48. The van der Waals surface area contributed by atoms with Crippen LogP contribution in [0.1, 0.15) is 24.0 Å². The van der Waals surface area contributed by atoms with E-state index in [1.807, 2.05) is 12.1 Å². The van der Waals surface area contributed by atoms with Gasteiger partial charge < -0.3 is 0 Å². The largest absolute Gasteiger partial charge is 0.0839 e. The van der Waals surface area contributed by atoms with E-state index in [1.54, 1.807) is 0 Å². The van der Waals surface area contributed by atoms with Gasteiger partial charge in [-0.15, -0.1) is 0 Å². The molecule has 0 aliphatic heterocycles. The van der Waals surface area contributed by atoms with E-state index in [2.05, 4.69) is 67.1 Å². The van der Waals surface area contributed by atoms with E-state index < -0.39 is 0 Å². The molecule has 2 aromatic carbocycles. The zero-order valence-corrected chi connectivity index (χ0v) is 9.92. The summed E-state index contributed by atoms with van der Waals surface area (Å²) in [5, 5.41) is 0. The molecule has 0 heterocycles.